The number of morpholine rings is 1. The topological polar surface area (TPSA) is 24.5 Å². The van der Waals surface area contributed by atoms with Crippen molar-refractivity contribution in [3.05, 3.63) is 34.9 Å². The van der Waals surface area contributed by atoms with E-state index in [4.69, 9.17) is 16.3 Å². The van der Waals surface area contributed by atoms with E-state index in [1.165, 1.54) is 5.56 Å². The fraction of sp³-hybridized carbons (Fsp3) is 0.625. The average molecular weight is 297 g/mol. The molecule has 1 aromatic rings. The summed E-state index contributed by atoms with van der Waals surface area (Å²) in [4.78, 5) is 2.50. The molecule has 2 unspecified atom stereocenters. The van der Waals surface area contributed by atoms with Gasteiger partial charge in [0.15, 0.2) is 0 Å². The number of benzene rings is 1. The van der Waals surface area contributed by atoms with E-state index in [0.717, 1.165) is 44.1 Å². The first-order valence-electron chi connectivity index (χ1n) is 7.50. The molecule has 0 radical (unpaired) electrons. The van der Waals surface area contributed by atoms with E-state index in [0.29, 0.717) is 12.1 Å². The van der Waals surface area contributed by atoms with Crippen LogP contribution in [0.1, 0.15) is 31.4 Å². The molecule has 20 heavy (non-hydrogen) atoms. The molecule has 4 heteroatoms. The zero-order valence-corrected chi connectivity index (χ0v) is 13.2. The van der Waals surface area contributed by atoms with Gasteiger partial charge < -0.3 is 10.1 Å². The maximum atomic E-state index is 6.29. The van der Waals surface area contributed by atoms with E-state index < -0.39 is 0 Å². The summed E-state index contributed by atoms with van der Waals surface area (Å²) in [6.45, 7) is 6.21. The molecule has 1 heterocycles. The van der Waals surface area contributed by atoms with E-state index in [2.05, 4.69) is 23.2 Å². The molecule has 1 saturated heterocycles. The lowest BCUT2D eigenvalue weighted by atomic mass is 10.0. The maximum Gasteiger partial charge on any atom is 0.0700 e. The summed E-state index contributed by atoms with van der Waals surface area (Å²) in [5, 5.41) is 4.23. The molecule has 0 bridgehead atoms. The van der Waals surface area contributed by atoms with Gasteiger partial charge in [-0.2, -0.15) is 0 Å². The second-order valence-electron chi connectivity index (χ2n) is 5.35. The van der Waals surface area contributed by atoms with Crippen LogP contribution in [0.4, 0.5) is 0 Å². The predicted octanol–water partition coefficient (Wildman–Crippen LogP) is 3.10. The van der Waals surface area contributed by atoms with Gasteiger partial charge in [0.25, 0.3) is 0 Å². The van der Waals surface area contributed by atoms with Gasteiger partial charge in [0, 0.05) is 30.7 Å². The number of ether oxygens (including phenoxy) is 1. The number of nitrogens with one attached hydrogen (secondary N) is 1. The Balaban J connectivity index is 1.89. The molecular weight excluding hydrogens is 272 g/mol. The predicted molar refractivity (Wildman–Crippen MR) is 84.3 cm³/mol. The van der Waals surface area contributed by atoms with Crippen LogP contribution < -0.4 is 5.32 Å². The van der Waals surface area contributed by atoms with Crippen LogP contribution in [-0.2, 0) is 4.74 Å². The van der Waals surface area contributed by atoms with E-state index in [1.807, 2.05) is 25.2 Å². The Morgan fingerprint density at radius 1 is 1.45 bits per heavy atom. The molecule has 1 fully saturated rings. The molecule has 1 aliphatic heterocycles. The molecule has 0 amide bonds. The first-order chi connectivity index (χ1) is 9.74. The van der Waals surface area contributed by atoms with Crippen LogP contribution in [0.5, 0.6) is 0 Å². The normalized spacial score (nSPS) is 21.9. The lowest BCUT2D eigenvalue weighted by molar-refractivity contribution is -0.0304. The summed E-state index contributed by atoms with van der Waals surface area (Å²) in [6, 6.07) is 8.41. The Hall–Kier alpha value is -0.610. The van der Waals surface area contributed by atoms with Crippen LogP contribution in [0.3, 0.4) is 0 Å². The van der Waals surface area contributed by atoms with Crippen LogP contribution in [0, 0.1) is 0 Å². The zero-order chi connectivity index (χ0) is 14.4. The fourth-order valence-electron chi connectivity index (χ4n) is 2.76. The Kier molecular flexibility index (Phi) is 6.30. The zero-order valence-electron chi connectivity index (χ0n) is 12.4. The molecule has 1 aliphatic rings. The monoisotopic (exact) mass is 296 g/mol. The van der Waals surface area contributed by atoms with Crippen LogP contribution >= 0.6 is 11.6 Å². The molecule has 0 aromatic heterocycles. The van der Waals surface area contributed by atoms with Crippen LogP contribution in [0.15, 0.2) is 24.3 Å². The van der Waals surface area contributed by atoms with Crippen molar-refractivity contribution in [1.29, 1.82) is 0 Å². The first-order valence-corrected chi connectivity index (χ1v) is 7.88. The smallest absolute Gasteiger partial charge is 0.0700 e. The lowest BCUT2D eigenvalue weighted by Crippen LogP contribution is -2.43. The highest BCUT2D eigenvalue weighted by Crippen LogP contribution is 2.25. The van der Waals surface area contributed by atoms with Gasteiger partial charge in [-0.3, -0.25) is 4.90 Å². The van der Waals surface area contributed by atoms with Crippen LogP contribution in [-0.4, -0.2) is 44.3 Å². The van der Waals surface area contributed by atoms with Crippen molar-refractivity contribution in [2.24, 2.45) is 0 Å². The number of rotatable bonds is 6. The van der Waals surface area contributed by atoms with Crippen molar-refractivity contribution in [2.45, 2.75) is 31.9 Å². The van der Waals surface area contributed by atoms with Crippen molar-refractivity contribution >= 4 is 11.6 Å². The third-order valence-corrected chi connectivity index (χ3v) is 4.39. The Labute approximate surface area is 127 Å². The summed E-state index contributed by atoms with van der Waals surface area (Å²) in [5.74, 6) is 0. The summed E-state index contributed by atoms with van der Waals surface area (Å²) in [7, 11) is 2.00. The molecule has 2 atom stereocenters. The third kappa shape index (κ3) is 4.19. The van der Waals surface area contributed by atoms with Gasteiger partial charge in [0.05, 0.1) is 12.7 Å². The Bertz CT molecular complexity index is 413. The molecule has 0 aliphatic carbocycles. The summed E-state index contributed by atoms with van der Waals surface area (Å²) >= 11 is 6.29. The molecule has 0 spiro atoms. The number of halogens is 1. The van der Waals surface area contributed by atoms with E-state index >= 15 is 0 Å². The average Bonchev–Trinajstić information content (AvgIpc) is 2.49. The number of nitrogens with zero attached hydrogens (tertiary/aromatic N) is 1. The van der Waals surface area contributed by atoms with Crippen LogP contribution in [0.25, 0.3) is 0 Å². The second kappa shape index (κ2) is 7.99. The lowest BCUT2D eigenvalue weighted by Gasteiger charge is -2.33. The standard InChI is InChI=1S/C16H25ClN2O/c1-3-13-12-19(10-11-20-13)9-8-16(18-2)14-6-4-5-7-15(14)17/h4-7,13,16,18H,3,8-12H2,1-2H3. The van der Waals surface area contributed by atoms with Gasteiger partial charge in [-0.25, -0.2) is 0 Å². The van der Waals surface area contributed by atoms with E-state index in [-0.39, 0.29) is 0 Å². The number of hydrogen-bond acceptors (Lipinski definition) is 3. The largest absolute Gasteiger partial charge is 0.376 e. The minimum atomic E-state index is 0.312. The molecule has 1 aromatic carbocycles. The maximum absolute atomic E-state index is 6.29. The Morgan fingerprint density at radius 2 is 2.25 bits per heavy atom. The van der Waals surface area contributed by atoms with Crippen molar-refractivity contribution in [3.63, 3.8) is 0 Å². The summed E-state index contributed by atoms with van der Waals surface area (Å²) < 4.78 is 5.72. The van der Waals surface area contributed by atoms with Gasteiger partial charge in [-0.15, -0.1) is 0 Å². The minimum absolute atomic E-state index is 0.312. The van der Waals surface area contributed by atoms with Crippen molar-refractivity contribution in [3.8, 4) is 0 Å². The van der Waals surface area contributed by atoms with Gasteiger partial charge >= 0.3 is 0 Å². The van der Waals surface area contributed by atoms with Gasteiger partial charge in [0.2, 0.25) is 0 Å². The third-order valence-electron chi connectivity index (χ3n) is 4.04. The molecule has 112 valence electrons. The quantitative estimate of drug-likeness (QED) is 0.873. The molecule has 1 N–H and O–H groups in total. The first kappa shape index (κ1) is 15.8. The molecular formula is C16H25ClN2O. The van der Waals surface area contributed by atoms with Crippen molar-refractivity contribution in [1.82, 2.24) is 10.2 Å². The highest BCUT2D eigenvalue weighted by Gasteiger charge is 2.20. The van der Waals surface area contributed by atoms with Gasteiger partial charge in [-0.1, -0.05) is 36.7 Å². The van der Waals surface area contributed by atoms with Crippen molar-refractivity contribution in [2.75, 3.05) is 33.3 Å². The summed E-state index contributed by atoms with van der Waals surface area (Å²) in [5.41, 5.74) is 1.19. The van der Waals surface area contributed by atoms with E-state index in [1.54, 1.807) is 0 Å². The SMILES string of the molecule is CCC1CN(CCC(NC)c2ccccc2Cl)CCO1. The van der Waals surface area contributed by atoms with Crippen LogP contribution in [0.2, 0.25) is 5.02 Å². The van der Waals surface area contributed by atoms with Gasteiger partial charge in [0.1, 0.15) is 0 Å². The molecule has 2 rings (SSSR count). The van der Waals surface area contributed by atoms with Crippen molar-refractivity contribution < 1.29 is 4.74 Å². The molecule has 0 saturated carbocycles. The molecule has 3 nitrogen and oxygen atoms in total. The highest BCUT2D eigenvalue weighted by molar-refractivity contribution is 6.31. The fourth-order valence-corrected chi connectivity index (χ4v) is 3.02. The summed E-state index contributed by atoms with van der Waals surface area (Å²) in [6.07, 6.45) is 2.56. The minimum Gasteiger partial charge on any atom is -0.376 e. The second-order valence-corrected chi connectivity index (χ2v) is 5.76. The Morgan fingerprint density at radius 3 is 2.95 bits per heavy atom. The van der Waals surface area contributed by atoms with Gasteiger partial charge in [-0.05, 0) is 31.5 Å². The highest BCUT2D eigenvalue weighted by atomic mass is 35.5. The number of hydrogen-bond donors (Lipinski definition) is 1. The van der Waals surface area contributed by atoms with E-state index in [9.17, 15) is 0 Å².